The van der Waals surface area contributed by atoms with Crippen LogP contribution in [0.2, 0.25) is 0 Å². The summed E-state index contributed by atoms with van der Waals surface area (Å²) in [4.78, 5) is 5.02. The largest absolute Gasteiger partial charge is 0.455 e. The molecule has 3 aromatic heterocycles. The van der Waals surface area contributed by atoms with Crippen LogP contribution in [0.1, 0.15) is 0 Å². The quantitative estimate of drug-likeness (QED) is 0.210. The summed E-state index contributed by atoms with van der Waals surface area (Å²) in [6, 6.07) is 50.7. The molecule has 0 N–H and O–H groups in total. The molecule has 0 aliphatic heterocycles. The second-order valence-electron chi connectivity index (χ2n) is 11.5. The van der Waals surface area contributed by atoms with Crippen molar-refractivity contribution < 1.29 is 8.83 Å². The van der Waals surface area contributed by atoms with Crippen LogP contribution in [-0.2, 0) is 0 Å². The van der Waals surface area contributed by atoms with E-state index >= 15 is 0 Å². The first-order valence-electron chi connectivity index (χ1n) is 15.1. The average Bonchev–Trinajstić information content (AvgIpc) is 3.80. The number of benzene rings is 7. The number of fused-ring (bicyclic) bond motifs is 10. The molecule has 0 unspecified atom stereocenters. The average molecular weight is 577 g/mol. The molecule has 0 spiro atoms. The van der Waals surface area contributed by atoms with Gasteiger partial charge in [0.05, 0.1) is 16.4 Å². The van der Waals surface area contributed by atoms with E-state index in [1.54, 1.807) is 0 Å². The first kappa shape index (κ1) is 24.3. The van der Waals surface area contributed by atoms with Gasteiger partial charge in [-0.3, -0.25) is 0 Å². The second kappa shape index (κ2) is 9.18. The summed E-state index contributed by atoms with van der Waals surface area (Å²) in [5.41, 5.74) is 9.65. The molecule has 3 heterocycles. The van der Waals surface area contributed by atoms with Gasteiger partial charge >= 0.3 is 0 Å². The van der Waals surface area contributed by atoms with Gasteiger partial charge in [-0.15, -0.1) is 0 Å². The Hall–Kier alpha value is -6.13. The van der Waals surface area contributed by atoms with Crippen LogP contribution in [0.15, 0.2) is 154 Å². The summed E-state index contributed by atoms with van der Waals surface area (Å²) >= 11 is 0. The minimum atomic E-state index is 0.585. The maximum Gasteiger partial charge on any atom is 0.227 e. The fourth-order valence-corrected chi connectivity index (χ4v) is 7.00. The smallest absolute Gasteiger partial charge is 0.227 e. The van der Waals surface area contributed by atoms with E-state index < -0.39 is 0 Å². The molecule has 0 aliphatic carbocycles. The minimum absolute atomic E-state index is 0.585. The summed E-state index contributed by atoms with van der Waals surface area (Å²) < 4.78 is 15.3. The SMILES string of the molecule is c1ccc(-c2cc3nc(-c4ccc(-n5c6ccccc6c6c7ccccc7ccc65)cc4)oc3c3c2oc2ccccc23)cc1. The molecule has 0 bridgehead atoms. The molecular weight excluding hydrogens is 552 g/mol. The lowest BCUT2D eigenvalue weighted by Gasteiger charge is -2.09. The number of hydrogen-bond donors (Lipinski definition) is 0. The summed E-state index contributed by atoms with van der Waals surface area (Å²) in [5, 5.41) is 7.01. The fourth-order valence-electron chi connectivity index (χ4n) is 7.00. The van der Waals surface area contributed by atoms with Crippen molar-refractivity contribution in [1.82, 2.24) is 9.55 Å². The van der Waals surface area contributed by atoms with Gasteiger partial charge in [0.15, 0.2) is 5.58 Å². The number of para-hydroxylation sites is 2. The first-order chi connectivity index (χ1) is 22.3. The molecule has 0 radical (unpaired) electrons. The van der Waals surface area contributed by atoms with Gasteiger partial charge in [-0.25, -0.2) is 4.98 Å². The first-order valence-corrected chi connectivity index (χ1v) is 15.1. The van der Waals surface area contributed by atoms with Gasteiger partial charge in [0.1, 0.15) is 16.7 Å². The summed E-state index contributed by atoms with van der Waals surface area (Å²) in [6.07, 6.45) is 0. The standard InChI is InChI=1S/C41H24N2O2/c1-2-10-25(11-3-1)32-24-33-40(38-31-15-7-9-17-36(31)44-39(32)38)45-41(42-33)27-18-21-28(22-19-27)43-34-16-8-6-14-30(34)37-29-13-5-4-12-26(29)20-23-35(37)43/h1-24H. The van der Waals surface area contributed by atoms with Crippen LogP contribution < -0.4 is 0 Å². The van der Waals surface area contributed by atoms with E-state index in [1.807, 2.05) is 36.4 Å². The highest BCUT2D eigenvalue weighted by Crippen LogP contribution is 2.42. The van der Waals surface area contributed by atoms with Crippen LogP contribution >= 0.6 is 0 Å². The van der Waals surface area contributed by atoms with Crippen LogP contribution in [0.4, 0.5) is 0 Å². The zero-order chi connectivity index (χ0) is 29.5. The molecule has 10 rings (SSSR count). The van der Waals surface area contributed by atoms with Gasteiger partial charge < -0.3 is 13.4 Å². The molecule has 0 aliphatic rings. The number of rotatable bonds is 3. The maximum atomic E-state index is 6.57. The molecule has 0 saturated heterocycles. The van der Waals surface area contributed by atoms with E-state index in [1.165, 1.54) is 32.6 Å². The van der Waals surface area contributed by atoms with Crippen molar-refractivity contribution in [1.29, 1.82) is 0 Å². The molecular formula is C41H24N2O2. The minimum Gasteiger partial charge on any atom is -0.455 e. The van der Waals surface area contributed by atoms with Gasteiger partial charge in [-0.2, -0.15) is 0 Å². The number of aromatic nitrogens is 2. The highest BCUT2D eigenvalue weighted by Gasteiger charge is 2.21. The van der Waals surface area contributed by atoms with Gasteiger partial charge in [-0.1, -0.05) is 97.1 Å². The van der Waals surface area contributed by atoms with Crippen molar-refractivity contribution in [2.75, 3.05) is 0 Å². The van der Waals surface area contributed by atoms with Crippen molar-refractivity contribution in [2.24, 2.45) is 0 Å². The van der Waals surface area contributed by atoms with Crippen LogP contribution in [0, 0.1) is 0 Å². The molecule has 0 fully saturated rings. The normalized spacial score (nSPS) is 12.0. The Morgan fingerprint density at radius 1 is 0.489 bits per heavy atom. The Morgan fingerprint density at radius 3 is 2.09 bits per heavy atom. The molecule has 45 heavy (non-hydrogen) atoms. The molecule has 10 aromatic rings. The van der Waals surface area contributed by atoms with Gasteiger partial charge in [0, 0.05) is 33.0 Å². The van der Waals surface area contributed by atoms with Crippen LogP contribution in [0.3, 0.4) is 0 Å². The fraction of sp³-hybridized carbons (Fsp3) is 0. The number of oxazole rings is 1. The highest BCUT2D eigenvalue weighted by molar-refractivity contribution is 6.22. The molecule has 0 amide bonds. The van der Waals surface area contributed by atoms with Crippen molar-refractivity contribution in [3.8, 4) is 28.3 Å². The Bertz CT molecular complexity index is 2750. The molecule has 210 valence electrons. The number of nitrogens with zero attached hydrogens (tertiary/aromatic N) is 2. The van der Waals surface area contributed by atoms with Gasteiger partial charge in [0.2, 0.25) is 5.89 Å². The zero-order valence-electron chi connectivity index (χ0n) is 24.1. The van der Waals surface area contributed by atoms with Crippen molar-refractivity contribution in [3.63, 3.8) is 0 Å². The van der Waals surface area contributed by atoms with Gasteiger partial charge in [0.25, 0.3) is 0 Å². The molecule has 4 nitrogen and oxygen atoms in total. The lowest BCUT2D eigenvalue weighted by molar-refractivity contribution is 0.622. The van der Waals surface area contributed by atoms with E-state index in [0.29, 0.717) is 5.89 Å². The lowest BCUT2D eigenvalue weighted by Crippen LogP contribution is -1.93. The third kappa shape index (κ3) is 3.51. The second-order valence-corrected chi connectivity index (χ2v) is 11.5. The van der Waals surface area contributed by atoms with E-state index in [4.69, 9.17) is 13.8 Å². The Labute approximate surface area is 257 Å². The van der Waals surface area contributed by atoms with E-state index in [0.717, 1.165) is 55.4 Å². The number of hydrogen-bond acceptors (Lipinski definition) is 3. The summed E-state index contributed by atoms with van der Waals surface area (Å²) in [5.74, 6) is 0.585. The van der Waals surface area contributed by atoms with Crippen molar-refractivity contribution in [3.05, 3.63) is 146 Å². The predicted molar refractivity (Wildman–Crippen MR) is 184 cm³/mol. The molecule has 7 aromatic carbocycles. The monoisotopic (exact) mass is 576 g/mol. The predicted octanol–water partition coefficient (Wildman–Crippen LogP) is 11.3. The van der Waals surface area contributed by atoms with Crippen LogP contribution in [-0.4, -0.2) is 9.55 Å². The Kier molecular flexibility index (Phi) is 4.96. The maximum absolute atomic E-state index is 6.57. The lowest BCUT2D eigenvalue weighted by atomic mass is 10.0. The van der Waals surface area contributed by atoms with Crippen LogP contribution in [0.5, 0.6) is 0 Å². The van der Waals surface area contributed by atoms with Crippen molar-refractivity contribution >= 4 is 65.6 Å². The van der Waals surface area contributed by atoms with Gasteiger partial charge in [-0.05, 0) is 64.9 Å². The highest BCUT2D eigenvalue weighted by atomic mass is 16.4. The molecule has 0 atom stereocenters. The number of furan rings is 1. The van der Waals surface area contributed by atoms with E-state index in [2.05, 4.69) is 114 Å². The topological polar surface area (TPSA) is 44.1 Å². The molecule has 4 heteroatoms. The summed E-state index contributed by atoms with van der Waals surface area (Å²) in [7, 11) is 0. The third-order valence-electron chi connectivity index (χ3n) is 9.02. The third-order valence-corrected chi connectivity index (χ3v) is 9.02. The van der Waals surface area contributed by atoms with Crippen LogP contribution in [0.25, 0.3) is 93.9 Å². The van der Waals surface area contributed by atoms with Crippen molar-refractivity contribution in [2.45, 2.75) is 0 Å². The molecule has 0 saturated carbocycles. The van der Waals surface area contributed by atoms with E-state index in [9.17, 15) is 0 Å². The zero-order valence-corrected chi connectivity index (χ0v) is 24.1. The Morgan fingerprint density at radius 2 is 1.22 bits per heavy atom. The Balaban J connectivity index is 1.16. The van der Waals surface area contributed by atoms with E-state index in [-0.39, 0.29) is 0 Å². The summed E-state index contributed by atoms with van der Waals surface area (Å²) in [6.45, 7) is 0.